The zero-order chi connectivity index (χ0) is 12.1. The van der Waals surface area contributed by atoms with Crippen LogP contribution >= 0.6 is 24.0 Å². The number of hydrogen-bond donors (Lipinski definition) is 2. The summed E-state index contributed by atoms with van der Waals surface area (Å²) in [5, 5.41) is 10.3. The Morgan fingerprint density at radius 1 is 1.67 bits per heavy atom. The van der Waals surface area contributed by atoms with E-state index in [-0.39, 0.29) is 24.0 Å². The molecule has 0 unspecified atom stereocenters. The molecule has 100 valence electrons. The van der Waals surface area contributed by atoms with Crippen LogP contribution in [0.4, 0.5) is 0 Å². The van der Waals surface area contributed by atoms with Gasteiger partial charge >= 0.3 is 0 Å². The number of rotatable bonds is 5. The minimum Gasteiger partial charge on any atom is -0.359 e. The van der Waals surface area contributed by atoms with Crippen LogP contribution in [-0.2, 0) is 6.54 Å². The van der Waals surface area contributed by atoms with Crippen molar-refractivity contribution in [2.24, 2.45) is 4.99 Å². The molecule has 6 heteroatoms. The van der Waals surface area contributed by atoms with E-state index in [2.05, 4.69) is 27.4 Å². The van der Waals surface area contributed by atoms with E-state index in [4.69, 9.17) is 4.52 Å². The van der Waals surface area contributed by atoms with Crippen LogP contribution in [-0.4, -0.2) is 23.7 Å². The van der Waals surface area contributed by atoms with Gasteiger partial charge in [-0.15, -0.1) is 30.6 Å². The predicted octanol–water partition coefficient (Wildman–Crippen LogP) is 1.98. The molecule has 1 fully saturated rings. The fourth-order valence-corrected chi connectivity index (χ4v) is 1.39. The number of nitrogens with one attached hydrogen (secondary N) is 2. The number of hydrogen-bond acceptors (Lipinski definition) is 3. The Bertz CT molecular complexity index is 412. The summed E-state index contributed by atoms with van der Waals surface area (Å²) in [5.74, 6) is 1.58. The SMILES string of the molecule is C=CCNC(=NCc1cc(C)no1)NC1CC1.I. The molecule has 1 heterocycles. The van der Waals surface area contributed by atoms with Gasteiger partial charge in [0.1, 0.15) is 6.54 Å². The lowest BCUT2D eigenvalue weighted by Gasteiger charge is -2.09. The van der Waals surface area contributed by atoms with E-state index < -0.39 is 0 Å². The van der Waals surface area contributed by atoms with Crippen molar-refractivity contribution >= 4 is 29.9 Å². The molecule has 0 aromatic carbocycles. The molecule has 18 heavy (non-hydrogen) atoms. The summed E-state index contributed by atoms with van der Waals surface area (Å²) in [6.07, 6.45) is 4.25. The molecule has 0 radical (unpaired) electrons. The van der Waals surface area contributed by atoms with Gasteiger partial charge in [0, 0.05) is 18.7 Å². The van der Waals surface area contributed by atoms with Gasteiger partial charge in [-0.3, -0.25) is 0 Å². The van der Waals surface area contributed by atoms with Crippen molar-refractivity contribution in [1.82, 2.24) is 15.8 Å². The Labute approximate surface area is 124 Å². The third kappa shape index (κ3) is 5.07. The highest BCUT2D eigenvalue weighted by atomic mass is 127. The molecular formula is C12H19IN4O. The van der Waals surface area contributed by atoms with E-state index in [9.17, 15) is 0 Å². The smallest absolute Gasteiger partial charge is 0.192 e. The molecule has 0 amide bonds. The standard InChI is InChI=1S/C12H18N4O.HI/c1-3-6-13-12(15-10-4-5-10)14-8-11-7-9(2)16-17-11;/h3,7,10H,1,4-6,8H2,2H3,(H2,13,14,15);1H. The Morgan fingerprint density at radius 2 is 2.44 bits per heavy atom. The fourth-order valence-electron chi connectivity index (χ4n) is 1.39. The van der Waals surface area contributed by atoms with Crippen LogP contribution in [0.2, 0.25) is 0 Å². The number of aromatic nitrogens is 1. The number of nitrogens with zero attached hydrogens (tertiary/aromatic N) is 2. The minimum atomic E-state index is 0. The Hall–Kier alpha value is -1.05. The van der Waals surface area contributed by atoms with E-state index in [1.807, 2.05) is 19.1 Å². The van der Waals surface area contributed by atoms with Crippen LogP contribution in [0.25, 0.3) is 0 Å². The van der Waals surface area contributed by atoms with Crippen molar-refractivity contribution in [2.75, 3.05) is 6.54 Å². The molecule has 1 aliphatic rings. The summed E-state index contributed by atoms with van der Waals surface area (Å²) in [7, 11) is 0. The van der Waals surface area contributed by atoms with Crippen LogP contribution in [0.1, 0.15) is 24.3 Å². The second kappa shape index (κ2) is 7.40. The molecule has 2 N–H and O–H groups in total. The molecule has 2 rings (SSSR count). The van der Waals surface area contributed by atoms with Gasteiger partial charge in [0.05, 0.1) is 5.69 Å². The van der Waals surface area contributed by atoms with Crippen LogP contribution in [0.15, 0.2) is 28.2 Å². The van der Waals surface area contributed by atoms with Crippen LogP contribution in [0, 0.1) is 6.92 Å². The van der Waals surface area contributed by atoms with Gasteiger partial charge in [0.15, 0.2) is 11.7 Å². The van der Waals surface area contributed by atoms with Gasteiger partial charge in [0.2, 0.25) is 0 Å². The molecule has 0 spiro atoms. The Kier molecular flexibility index (Phi) is 6.17. The highest BCUT2D eigenvalue weighted by molar-refractivity contribution is 14.0. The number of aryl methyl sites for hydroxylation is 1. The van der Waals surface area contributed by atoms with Gasteiger partial charge < -0.3 is 15.2 Å². The van der Waals surface area contributed by atoms with Crippen molar-refractivity contribution in [3.05, 3.63) is 30.2 Å². The minimum absolute atomic E-state index is 0. The quantitative estimate of drug-likeness (QED) is 0.364. The van der Waals surface area contributed by atoms with Crippen molar-refractivity contribution in [3.8, 4) is 0 Å². The van der Waals surface area contributed by atoms with Gasteiger partial charge in [-0.05, 0) is 19.8 Å². The lowest BCUT2D eigenvalue weighted by molar-refractivity contribution is 0.381. The van der Waals surface area contributed by atoms with Crippen molar-refractivity contribution < 1.29 is 4.52 Å². The third-order valence-corrected chi connectivity index (χ3v) is 2.40. The second-order valence-corrected chi connectivity index (χ2v) is 4.19. The lowest BCUT2D eigenvalue weighted by Crippen LogP contribution is -2.38. The first-order chi connectivity index (χ1) is 8.28. The first-order valence-corrected chi connectivity index (χ1v) is 5.86. The molecule has 0 atom stereocenters. The normalized spacial score (nSPS) is 14.8. The molecule has 5 nitrogen and oxygen atoms in total. The molecule has 1 aromatic rings. The highest BCUT2D eigenvalue weighted by Gasteiger charge is 2.22. The van der Waals surface area contributed by atoms with E-state index in [0.29, 0.717) is 19.1 Å². The summed E-state index contributed by atoms with van der Waals surface area (Å²) in [6, 6.07) is 2.47. The maximum Gasteiger partial charge on any atom is 0.192 e. The summed E-state index contributed by atoms with van der Waals surface area (Å²) >= 11 is 0. The number of halogens is 1. The van der Waals surface area contributed by atoms with Gasteiger partial charge in [-0.2, -0.15) is 0 Å². The van der Waals surface area contributed by atoms with Crippen molar-refractivity contribution in [2.45, 2.75) is 32.4 Å². The summed E-state index contributed by atoms with van der Waals surface area (Å²) in [5.41, 5.74) is 0.881. The van der Waals surface area contributed by atoms with Crippen molar-refractivity contribution in [1.29, 1.82) is 0 Å². The van der Waals surface area contributed by atoms with E-state index in [1.54, 1.807) is 0 Å². The third-order valence-electron chi connectivity index (χ3n) is 2.40. The largest absolute Gasteiger partial charge is 0.359 e. The van der Waals surface area contributed by atoms with E-state index >= 15 is 0 Å². The summed E-state index contributed by atoms with van der Waals surface area (Å²) in [4.78, 5) is 4.44. The van der Waals surface area contributed by atoms with Crippen LogP contribution in [0.3, 0.4) is 0 Å². The molecule has 1 saturated carbocycles. The van der Waals surface area contributed by atoms with Gasteiger partial charge in [-0.1, -0.05) is 11.2 Å². The van der Waals surface area contributed by atoms with E-state index in [1.165, 1.54) is 12.8 Å². The topological polar surface area (TPSA) is 62.5 Å². The predicted molar refractivity (Wildman–Crippen MR) is 82.2 cm³/mol. The molecule has 0 saturated heterocycles. The molecule has 1 aromatic heterocycles. The summed E-state index contributed by atoms with van der Waals surface area (Å²) in [6.45, 7) is 6.78. The maximum atomic E-state index is 5.11. The van der Waals surface area contributed by atoms with Gasteiger partial charge in [-0.25, -0.2) is 4.99 Å². The average molecular weight is 362 g/mol. The Morgan fingerprint density at radius 3 is 3.00 bits per heavy atom. The second-order valence-electron chi connectivity index (χ2n) is 4.19. The maximum absolute atomic E-state index is 5.11. The molecule has 0 aliphatic heterocycles. The Balaban J connectivity index is 0.00000162. The molecule has 1 aliphatic carbocycles. The lowest BCUT2D eigenvalue weighted by atomic mass is 10.4. The molecular weight excluding hydrogens is 343 g/mol. The van der Waals surface area contributed by atoms with Crippen molar-refractivity contribution in [3.63, 3.8) is 0 Å². The first-order valence-electron chi connectivity index (χ1n) is 5.86. The summed E-state index contributed by atoms with van der Waals surface area (Å²) < 4.78 is 5.11. The fraction of sp³-hybridized carbons (Fsp3) is 0.500. The first kappa shape index (κ1) is 15.0. The highest BCUT2D eigenvalue weighted by Crippen LogP contribution is 2.18. The molecule has 0 bridgehead atoms. The van der Waals surface area contributed by atoms with Crippen LogP contribution < -0.4 is 10.6 Å². The zero-order valence-electron chi connectivity index (χ0n) is 10.5. The van der Waals surface area contributed by atoms with Gasteiger partial charge in [0.25, 0.3) is 0 Å². The number of guanidine groups is 1. The van der Waals surface area contributed by atoms with Crippen LogP contribution in [0.5, 0.6) is 0 Å². The zero-order valence-corrected chi connectivity index (χ0v) is 12.8. The average Bonchev–Trinajstić information content (AvgIpc) is 3.04. The van der Waals surface area contributed by atoms with E-state index in [0.717, 1.165) is 17.4 Å². The monoisotopic (exact) mass is 362 g/mol. The number of aliphatic imine (C=N–C) groups is 1.